The van der Waals surface area contributed by atoms with Gasteiger partial charge in [0.2, 0.25) is 17.5 Å². The largest absolute Gasteiger partial charge is 0.748 e. The first kappa shape index (κ1) is 117. The fourth-order valence-corrected chi connectivity index (χ4v) is 21.4. The van der Waals surface area contributed by atoms with Crippen LogP contribution in [-0.2, 0) is 101 Å². The Hall–Kier alpha value is -12.1. The third-order valence-corrected chi connectivity index (χ3v) is 28.6. The third kappa shape index (κ3) is 29.6. The fraction of sp³-hybridized carbons (Fsp3) is 0.250. The number of benzene rings is 15. The van der Waals surface area contributed by atoms with E-state index in [-0.39, 0.29) is 46.1 Å². The lowest BCUT2D eigenvalue weighted by Gasteiger charge is -2.25. The van der Waals surface area contributed by atoms with Crippen LogP contribution in [0.3, 0.4) is 0 Å². The van der Waals surface area contributed by atoms with Gasteiger partial charge in [-0.3, -0.25) is 38.8 Å². The van der Waals surface area contributed by atoms with Crippen molar-refractivity contribution >= 4 is 211 Å². The number of allylic oxidation sites excluding steroid dienone is 1. The average molecular weight is 2160 g/mol. The minimum absolute atomic E-state index is 0. The molecule has 16 rings (SSSR count). The molecule has 15 aromatic rings. The molecule has 149 heavy (non-hydrogen) atoms. The van der Waals surface area contributed by atoms with E-state index in [2.05, 4.69) is 171 Å². The van der Waals surface area contributed by atoms with E-state index < -0.39 is 56.9 Å². The maximum absolute atomic E-state index is 13.1. The number of aldehydes is 2. The van der Waals surface area contributed by atoms with Crippen molar-refractivity contribution in [2.24, 2.45) is 0 Å². The van der Waals surface area contributed by atoms with Crippen LogP contribution in [0.5, 0.6) is 0 Å². The number of rotatable bonds is 40. The van der Waals surface area contributed by atoms with E-state index in [9.17, 15) is 72.3 Å². The molecule has 0 radical (unpaired) electrons. The van der Waals surface area contributed by atoms with Gasteiger partial charge in [-0.25, -0.2) is 8.42 Å². The Kier molecular flexibility index (Phi) is 42.9. The van der Waals surface area contributed by atoms with E-state index in [0.29, 0.717) is 117 Å². The summed E-state index contributed by atoms with van der Waals surface area (Å²) in [5.74, 6) is -0.896. The molecule has 15 aromatic carbocycles. The van der Waals surface area contributed by atoms with Gasteiger partial charge in [0, 0.05) is 129 Å². The van der Waals surface area contributed by atoms with Gasteiger partial charge in [-0.1, -0.05) is 290 Å². The highest BCUT2D eigenvalue weighted by atomic mass is 79.9. The molecule has 0 saturated carbocycles. The molecule has 0 unspecified atom stereocenters. The molecule has 0 aromatic heterocycles. The molecule has 772 valence electrons. The molecule has 13 N–H and O–H groups in total. The lowest BCUT2D eigenvalue weighted by Crippen LogP contribution is -2.35. The summed E-state index contributed by atoms with van der Waals surface area (Å²) in [6.45, 7) is 15.4. The van der Waals surface area contributed by atoms with Crippen LogP contribution in [0.2, 0.25) is 0 Å². The molecule has 1 heterocycles. The Labute approximate surface area is 892 Å². The lowest BCUT2D eigenvalue weighted by atomic mass is 9.77. The quantitative estimate of drug-likeness (QED) is 0.00248. The van der Waals surface area contributed by atoms with Gasteiger partial charge in [-0.15, -0.1) is 0 Å². The van der Waals surface area contributed by atoms with Crippen molar-refractivity contribution in [2.45, 2.75) is 130 Å². The van der Waals surface area contributed by atoms with Crippen molar-refractivity contribution in [3.8, 4) is 0 Å². The molecule has 0 saturated heterocycles. The minimum Gasteiger partial charge on any atom is -0.748 e. The number of nitrogens with zero attached hydrogens (tertiary/aromatic N) is 5. The molecule has 0 fully saturated rings. The van der Waals surface area contributed by atoms with Gasteiger partial charge in [-0.2, -0.15) is 4.58 Å². The Morgan fingerprint density at radius 2 is 0.725 bits per heavy atom. The zero-order valence-electron chi connectivity index (χ0n) is 83.8. The van der Waals surface area contributed by atoms with Gasteiger partial charge in [0.15, 0.2) is 5.71 Å². The van der Waals surface area contributed by atoms with Gasteiger partial charge in [-0.05, 0) is 257 Å². The summed E-state index contributed by atoms with van der Waals surface area (Å²) in [6, 6.07) is 85.5. The Bertz CT molecular complexity index is 7490. The number of hydrogen-bond acceptors (Lipinski definition) is 22. The molecular weight excluding hydrogens is 2020 g/mol. The van der Waals surface area contributed by atoms with E-state index in [1.54, 1.807) is 67.6 Å². The standard InChI is InChI=1S/C56H65B2N5O9S.C33H34B2N2O5.C17H12Br2O.C8H12BNO2.2CH4/c1-38(2)55(65)60-28-13-27-59-54(64)33-40-22-25-52-49(32-40)56(3,4)53(63(52)29-14-30-73(70,71)72)26-23-39-21-24-45-46(31-39)48(37-62(6)35-42-16-8-12-20-51(42)58(68)69)44-18-10-9-17-43(44)47(45)36-61(5)34-41-15-7-11-19-50(41)57(66)67;1-36(18-24-9-3-7-13-32(24)34(39)40)20-30-26-11-5-6-12-27(26)31(29-17-23(22-38)15-16-28(29)30)21-37(2)19-25-10-4-8-14-33(25)35(41)42;18-8-16-12-3-1-2-4-13(12)17(9-19)15-7-11(10-20)5-6-14(15)16;1-10-6-7-4-2-3-5-8(7)9(11)12;;/h7-12,15-26,31-32,66-69H,1,13-14,27-30,33-37H2,2-6H3,(H2-,59,60,64,65,70,71,72);3-17,22,39-42H,18-21H2,1-2H3;1-7,10H,8-9H2;2-5,10-12H,6H2,1H3;2*1H4/b26-23+;;;;;. The summed E-state index contributed by atoms with van der Waals surface area (Å²) >= 11 is 7.19. The van der Waals surface area contributed by atoms with E-state index in [4.69, 9.17) is 10.0 Å². The molecule has 1 aliphatic rings. The van der Waals surface area contributed by atoms with Gasteiger partial charge in [0.1, 0.15) is 19.1 Å². The predicted octanol–water partition coefficient (Wildman–Crippen LogP) is 12.8. The van der Waals surface area contributed by atoms with Crippen molar-refractivity contribution in [2.75, 3.05) is 60.6 Å². The van der Waals surface area contributed by atoms with Crippen LogP contribution in [0.4, 0.5) is 5.69 Å². The summed E-state index contributed by atoms with van der Waals surface area (Å²) in [5, 5.41) is 122. The van der Waals surface area contributed by atoms with Crippen LogP contribution >= 0.6 is 31.9 Å². The maximum Gasteiger partial charge on any atom is 0.488 e. The highest BCUT2D eigenvalue weighted by Gasteiger charge is 2.45. The summed E-state index contributed by atoms with van der Waals surface area (Å²) in [6.07, 6.45) is 6.68. The van der Waals surface area contributed by atoms with Gasteiger partial charge in [0.25, 0.3) is 0 Å². The summed E-state index contributed by atoms with van der Waals surface area (Å²) < 4.78 is 37.5. The number of halogens is 2. The van der Waals surface area contributed by atoms with Crippen LogP contribution in [0.1, 0.15) is 147 Å². The Balaban J connectivity index is 0.000000229. The molecule has 0 aliphatic carbocycles. The molecule has 25 nitrogen and oxygen atoms in total. The smallest absolute Gasteiger partial charge is 0.488 e. The van der Waals surface area contributed by atoms with Crippen molar-refractivity contribution in [1.82, 2.24) is 35.6 Å². The monoisotopic (exact) mass is 2150 g/mol. The fourth-order valence-electron chi connectivity index (χ4n) is 19.7. The molecule has 0 atom stereocenters. The number of carbonyl (C=O) groups excluding carboxylic acids is 4. The molecular formula is C116H131B5Br2N8O17S. The number of alkyl halides is 2. The highest BCUT2D eigenvalue weighted by molar-refractivity contribution is 9.08. The summed E-state index contributed by atoms with van der Waals surface area (Å²) in [4.78, 5) is 56.4. The normalized spacial score (nSPS) is 12.1. The van der Waals surface area contributed by atoms with Gasteiger partial charge < -0.3 is 70.7 Å². The van der Waals surface area contributed by atoms with E-state index in [0.717, 1.165) is 155 Å². The van der Waals surface area contributed by atoms with Crippen LogP contribution in [0, 0.1) is 0 Å². The molecule has 1 aliphatic heterocycles. The zero-order valence-corrected chi connectivity index (χ0v) is 87.8. The van der Waals surface area contributed by atoms with Gasteiger partial charge >= 0.3 is 35.6 Å². The minimum atomic E-state index is -4.46. The van der Waals surface area contributed by atoms with Crippen molar-refractivity contribution in [3.63, 3.8) is 0 Å². The van der Waals surface area contributed by atoms with E-state index in [1.165, 1.54) is 27.3 Å². The first-order chi connectivity index (χ1) is 70.5. The number of carbonyl (C=O) groups is 4. The van der Waals surface area contributed by atoms with Crippen LogP contribution < -0.4 is 43.3 Å². The van der Waals surface area contributed by atoms with Crippen molar-refractivity contribution < 1.29 is 87.0 Å². The lowest BCUT2D eigenvalue weighted by molar-refractivity contribution is -0.437. The van der Waals surface area contributed by atoms with E-state index >= 15 is 0 Å². The van der Waals surface area contributed by atoms with E-state index in [1.807, 2.05) is 175 Å². The number of fused-ring (bicyclic) bond motifs is 7. The average Bonchev–Trinajstić information content (AvgIpc) is 1.60. The molecule has 0 bridgehead atoms. The molecule has 2 amide bonds. The zero-order chi connectivity index (χ0) is 106. The number of hydrogen-bond donors (Lipinski definition) is 13. The Morgan fingerprint density at radius 3 is 1.09 bits per heavy atom. The second-order valence-corrected chi connectivity index (χ2v) is 40.5. The van der Waals surface area contributed by atoms with Crippen molar-refractivity contribution in [1.29, 1.82) is 0 Å². The highest BCUT2D eigenvalue weighted by Crippen LogP contribution is 2.44. The summed E-state index contributed by atoms with van der Waals surface area (Å²) in [7, 11) is -2.30. The summed E-state index contributed by atoms with van der Waals surface area (Å²) in [5.41, 5.74) is 19.1. The second kappa shape index (κ2) is 54.6. The third-order valence-electron chi connectivity index (χ3n) is 26.7. The molecule has 0 spiro atoms. The maximum atomic E-state index is 13.1. The van der Waals surface area contributed by atoms with Gasteiger partial charge in [0.05, 0.1) is 22.0 Å². The number of nitrogens with one attached hydrogen (secondary N) is 3. The van der Waals surface area contributed by atoms with Crippen LogP contribution in [0.25, 0.3) is 70.7 Å². The first-order valence-electron chi connectivity index (χ1n) is 48.6. The predicted molar refractivity (Wildman–Crippen MR) is 615 cm³/mol. The second-order valence-electron chi connectivity index (χ2n) is 37.9. The van der Waals surface area contributed by atoms with Crippen molar-refractivity contribution in [3.05, 3.63) is 374 Å². The topological polar surface area (TPSA) is 380 Å². The number of amides is 2. The van der Waals surface area contributed by atoms with Crippen LogP contribution in [0.15, 0.2) is 285 Å². The first-order valence-corrected chi connectivity index (χ1v) is 52.5. The SMILES string of the molecule is C.C.C=C(C)C(=O)NCCCNC(=O)Cc1ccc2c(c1)C(C)(C)C(/C=C/c1ccc3c(CN(C)Cc4ccccc4B(O)O)c4ccccc4c(CN(C)Cc4ccccc4B(O)O)c3c1)=[N+]2CCCS(=O)(=O)[O-].CN(Cc1ccccc1B(O)O)Cc1c2ccccc2c(CN(C)Cc2ccccc2B(O)O)c2cc(C=O)ccc12.CNCc1ccccc1B(O)O.O=Cc1ccc2c(CBr)c3ccccc3c(CBr)c2c1. The Morgan fingerprint density at radius 1 is 0.409 bits per heavy atom. The van der Waals surface area contributed by atoms with Crippen LogP contribution in [-0.4, -0.2) is 214 Å². The molecule has 33 heteroatoms.